The molecule has 2 nitrogen and oxygen atoms in total. The van der Waals surface area contributed by atoms with E-state index >= 15 is 0 Å². The van der Waals surface area contributed by atoms with Crippen molar-refractivity contribution in [2.75, 3.05) is 0 Å². The molecule has 0 aromatic heterocycles. The second-order valence-corrected chi connectivity index (χ2v) is 4.47. The zero-order valence-corrected chi connectivity index (χ0v) is 10.5. The van der Waals surface area contributed by atoms with Crippen molar-refractivity contribution in [3.8, 4) is 0 Å². The smallest absolute Gasteiger partial charge is 0.0958 e. The summed E-state index contributed by atoms with van der Waals surface area (Å²) in [4.78, 5) is 0. The lowest BCUT2D eigenvalue weighted by Crippen LogP contribution is -2.30. The van der Waals surface area contributed by atoms with Gasteiger partial charge in [0.1, 0.15) is 0 Å². The van der Waals surface area contributed by atoms with Gasteiger partial charge in [-0.15, -0.1) is 0 Å². The fourth-order valence-corrected chi connectivity index (χ4v) is 1.91. The molecule has 0 bridgehead atoms. The fourth-order valence-electron chi connectivity index (χ4n) is 1.91. The van der Waals surface area contributed by atoms with Crippen molar-refractivity contribution in [2.45, 2.75) is 64.5 Å². The predicted octanol–water partition coefficient (Wildman–Crippen LogP) is 3.67. The van der Waals surface area contributed by atoms with E-state index in [1.165, 1.54) is 51.4 Å². The van der Waals surface area contributed by atoms with E-state index in [2.05, 4.69) is 29.7 Å². The zero-order valence-electron chi connectivity index (χ0n) is 10.5. The first kappa shape index (κ1) is 13.1. The Labute approximate surface area is 100 Å². The van der Waals surface area contributed by atoms with E-state index in [1.54, 1.807) is 0 Å². The van der Waals surface area contributed by atoms with Crippen LogP contribution < -0.4 is 10.6 Å². The van der Waals surface area contributed by atoms with Crippen LogP contribution in [0, 0.1) is 0 Å². The van der Waals surface area contributed by atoms with Crippen molar-refractivity contribution >= 4 is 0 Å². The summed E-state index contributed by atoms with van der Waals surface area (Å²) in [6, 6.07) is 0. The van der Waals surface area contributed by atoms with Crippen LogP contribution in [-0.2, 0) is 0 Å². The molecule has 0 atom stereocenters. The minimum absolute atomic E-state index is 0.453. The Morgan fingerprint density at radius 2 is 1.62 bits per heavy atom. The predicted molar refractivity (Wildman–Crippen MR) is 70.9 cm³/mol. The second kappa shape index (κ2) is 9.32. The average molecular weight is 222 g/mol. The SMILES string of the molecule is CCCCCCC/C=C/CCC1NC=CN1. The molecule has 0 aromatic rings. The van der Waals surface area contributed by atoms with E-state index in [4.69, 9.17) is 0 Å². The van der Waals surface area contributed by atoms with Gasteiger partial charge in [-0.25, -0.2) is 0 Å². The Kier molecular flexibility index (Phi) is 7.65. The number of nitrogens with one attached hydrogen (secondary N) is 2. The molecule has 0 amide bonds. The molecule has 0 aliphatic carbocycles. The molecule has 2 N–H and O–H groups in total. The summed E-state index contributed by atoms with van der Waals surface area (Å²) < 4.78 is 0. The van der Waals surface area contributed by atoms with Gasteiger partial charge in [0.15, 0.2) is 0 Å². The molecule has 0 radical (unpaired) electrons. The van der Waals surface area contributed by atoms with E-state index in [0.29, 0.717) is 6.17 Å². The van der Waals surface area contributed by atoms with Gasteiger partial charge in [-0.1, -0.05) is 44.8 Å². The first-order chi connectivity index (χ1) is 7.93. The first-order valence-electron chi connectivity index (χ1n) is 6.75. The Hall–Kier alpha value is -0.920. The minimum Gasteiger partial charge on any atom is -0.370 e. The summed E-state index contributed by atoms with van der Waals surface area (Å²) in [5, 5.41) is 6.51. The van der Waals surface area contributed by atoms with Crippen LogP contribution in [0.15, 0.2) is 24.6 Å². The molecule has 1 heterocycles. The molecule has 0 unspecified atom stereocenters. The minimum atomic E-state index is 0.453. The van der Waals surface area contributed by atoms with Crippen molar-refractivity contribution < 1.29 is 0 Å². The maximum Gasteiger partial charge on any atom is 0.0958 e. The molecule has 92 valence electrons. The third-order valence-corrected chi connectivity index (χ3v) is 2.94. The molecular formula is C14H26N2. The van der Waals surface area contributed by atoms with Gasteiger partial charge < -0.3 is 10.6 Å². The summed E-state index contributed by atoms with van der Waals surface area (Å²) >= 11 is 0. The summed E-state index contributed by atoms with van der Waals surface area (Å²) in [5.74, 6) is 0. The van der Waals surface area contributed by atoms with Gasteiger partial charge in [-0.2, -0.15) is 0 Å². The number of allylic oxidation sites excluding steroid dienone is 2. The van der Waals surface area contributed by atoms with Gasteiger partial charge in [0.2, 0.25) is 0 Å². The van der Waals surface area contributed by atoms with Gasteiger partial charge in [0.25, 0.3) is 0 Å². The Morgan fingerprint density at radius 1 is 0.938 bits per heavy atom. The zero-order chi connectivity index (χ0) is 11.5. The summed E-state index contributed by atoms with van der Waals surface area (Å²) in [6.45, 7) is 2.26. The molecule has 0 saturated carbocycles. The molecule has 1 aliphatic rings. The van der Waals surface area contributed by atoms with Gasteiger partial charge in [-0.3, -0.25) is 0 Å². The molecule has 0 spiro atoms. The van der Waals surface area contributed by atoms with Crippen LogP contribution in [0.1, 0.15) is 58.3 Å². The van der Waals surface area contributed by atoms with Crippen molar-refractivity contribution in [1.82, 2.24) is 10.6 Å². The highest BCUT2D eigenvalue weighted by atomic mass is 15.1. The molecule has 0 aromatic carbocycles. The third-order valence-electron chi connectivity index (χ3n) is 2.94. The van der Waals surface area contributed by atoms with Crippen LogP contribution in [0.5, 0.6) is 0 Å². The highest BCUT2D eigenvalue weighted by Gasteiger charge is 2.04. The highest BCUT2D eigenvalue weighted by molar-refractivity contribution is 4.92. The van der Waals surface area contributed by atoms with Crippen LogP contribution in [0.25, 0.3) is 0 Å². The van der Waals surface area contributed by atoms with Crippen molar-refractivity contribution in [3.05, 3.63) is 24.6 Å². The van der Waals surface area contributed by atoms with E-state index in [0.717, 1.165) is 0 Å². The highest BCUT2D eigenvalue weighted by Crippen LogP contribution is 2.06. The van der Waals surface area contributed by atoms with Crippen molar-refractivity contribution in [2.24, 2.45) is 0 Å². The molecule has 1 aliphatic heterocycles. The molecular weight excluding hydrogens is 196 g/mol. The fraction of sp³-hybridized carbons (Fsp3) is 0.714. The average Bonchev–Trinajstić information content (AvgIpc) is 2.80. The van der Waals surface area contributed by atoms with E-state index in [1.807, 2.05) is 12.4 Å². The monoisotopic (exact) mass is 222 g/mol. The quantitative estimate of drug-likeness (QED) is 0.459. The summed E-state index contributed by atoms with van der Waals surface area (Å²) in [7, 11) is 0. The van der Waals surface area contributed by atoms with Gasteiger partial charge in [0.05, 0.1) is 6.17 Å². The molecule has 0 saturated heterocycles. The van der Waals surface area contributed by atoms with Crippen LogP contribution in [0.4, 0.5) is 0 Å². The van der Waals surface area contributed by atoms with Gasteiger partial charge in [-0.05, 0) is 25.7 Å². The topological polar surface area (TPSA) is 24.1 Å². The second-order valence-electron chi connectivity index (χ2n) is 4.47. The maximum absolute atomic E-state index is 3.26. The number of hydrogen-bond acceptors (Lipinski definition) is 2. The Balaban J connectivity index is 1.81. The van der Waals surface area contributed by atoms with E-state index in [9.17, 15) is 0 Å². The number of unbranched alkanes of at least 4 members (excludes halogenated alkanes) is 5. The van der Waals surface area contributed by atoms with Crippen molar-refractivity contribution in [1.29, 1.82) is 0 Å². The lowest BCUT2D eigenvalue weighted by Gasteiger charge is -2.09. The largest absolute Gasteiger partial charge is 0.370 e. The third kappa shape index (κ3) is 6.54. The van der Waals surface area contributed by atoms with Crippen LogP contribution >= 0.6 is 0 Å². The van der Waals surface area contributed by atoms with Gasteiger partial charge >= 0.3 is 0 Å². The van der Waals surface area contributed by atoms with Crippen molar-refractivity contribution in [3.63, 3.8) is 0 Å². The number of hydrogen-bond donors (Lipinski definition) is 2. The molecule has 2 heteroatoms. The number of rotatable bonds is 9. The first-order valence-corrected chi connectivity index (χ1v) is 6.75. The van der Waals surface area contributed by atoms with Crippen LogP contribution in [0.2, 0.25) is 0 Å². The van der Waals surface area contributed by atoms with Crippen LogP contribution in [-0.4, -0.2) is 6.17 Å². The lowest BCUT2D eigenvalue weighted by molar-refractivity contribution is 0.532. The normalized spacial score (nSPS) is 15.6. The van der Waals surface area contributed by atoms with E-state index < -0.39 is 0 Å². The Morgan fingerprint density at radius 3 is 2.38 bits per heavy atom. The molecule has 0 fully saturated rings. The standard InChI is InChI=1S/C14H26N2/c1-2-3-4-5-6-7-8-9-10-11-14-15-12-13-16-14/h8-9,12-16H,2-7,10-11H2,1H3/b9-8+. The molecule has 16 heavy (non-hydrogen) atoms. The summed E-state index contributed by atoms with van der Waals surface area (Å²) in [6.07, 6.45) is 19.6. The van der Waals surface area contributed by atoms with Crippen LogP contribution in [0.3, 0.4) is 0 Å². The lowest BCUT2D eigenvalue weighted by atomic mass is 10.1. The maximum atomic E-state index is 3.26. The Bertz CT molecular complexity index is 201. The van der Waals surface area contributed by atoms with Gasteiger partial charge in [0, 0.05) is 12.4 Å². The molecule has 1 rings (SSSR count). The van der Waals surface area contributed by atoms with E-state index in [-0.39, 0.29) is 0 Å². The summed E-state index contributed by atoms with van der Waals surface area (Å²) in [5.41, 5.74) is 0.